The fourth-order valence-corrected chi connectivity index (χ4v) is 3.26. The average molecular weight is 332 g/mol. The largest absolute Gasteiger partial charge is 0.493 e. The summed E-state index contributed by atoms with van der Waals surface area (Å²) in [4.78, 5) is 14.3. The Morgan fingerprint density at radius 2 is 2.00 bits per heavy atom. The van der Waals surface area contributed by atoms with Crippen LogP contribution in [0, 0.1) is 19.8 Å². The summed E-state index contributed by atoms with van der Waals surface area (Å²) in [6.07, 6.45) is 4.50. The fraction of sp³-hybridized carbons (Fsp3) is 0.650. The maximum absolute atomic E-state index is 12.3. The highest BCUT2D eigenvalue weighted by Crippen LogP contribution is 2.21. The second kappa shape index (κ2) is 9.07. The molecule has 24 heavy (non-hydrogen) atoms. The Kier molecular flexibility index (Phi) is 7.10. The third-order valence-corrected chi connectivity index (χ3v) is 5.02. The lowest BCUT2D eigenvalue weighted by molar-refractivity contribution is -0.132. The summed E-state index contributed by atoms with van der Waals surface area (Å²) in [5.41, 5.74) is 8.32. The van der Waals surface area contributed by atoms with E-state index in [2.05, 4.69) is 39.0 Å². The van der Waals surface area contributed by atoms with Gasteiger partial charge in [-0.1, -0.05) is 12.1 Å². The molecule has 0 aliphatic carbocycles. The minimum Gasteiger partial charge on any atom is -0.493 e. The SMILES string of the molecule is Cc1ccc(C)c(OCCCCC(=O)N2CCC(C(C)N)CC2)c1. The predicted octanol–water partition coefficient (Wildman–Crippen LogP) is 3.44. The minimum absolute atomic E-state index is 0.240. The summed E-state index contributed by atoms with van der Waals surface area (Å²) >= 11 is 0. The van der Waals surface area contributed by atoms with Crippen molar-refractivity contribution in [1.29, 1.82) is 0 Å². The highest BCUT2D eigenvalue weighted by molar-refractivity contribution is 5.76. The van der Waals surface area contributed by atoms with Gasteiger partial charge in [-0.15, -0.1) is 0 Å². The number of benzene rings is 1. The second-order valence-corrected chi connectivity index (χ2v) is 7.15. The number of rotatable bonds is 7. The van der Waals surface area contributed by atoms with Crippen LogP contribution in [0.2, 0.25) is 0 Å². The van der Waals surface area contributed by atoms with Gasteiger partial charge >= 0.3 is 0 Å². The summed E-state index contributed by atoms with van der Waals surface area (Å²) in [5.74, 6) is 1.81. The minimum atomic E-state index is 0.240. The topological polar surface area (TPSA) is 55.6 Å². The lowest BCUT2D eigenvalue weighted by Gasteiger charge is -2.33. The van der Waals surface area contributed by atoms with Gasteiger partial charge in [0, 0.05) is 25.6 Å². The first-order valence-electron chi connectivity index (χ1n) is 9.21. The molecule has 134 valence electrons. The number of ether oxygens (including phenoxy) is 1. The van der Waals surface area contributed by atoms with Crippen molar-refractivity contribution in [3.63, 3.8) is 0 Å². The lowest BCUT2D eigenvalue weighted by Crippen LogP contribution is -2.42. The molecule has 1 fully saturated rings. The van der Waals surface area contributed by atoms with Gasteiger partial charge in [-0.25, -0.2) is 0 Å². The van der Waals surface area contributed by atoms with Crippen LogP contribution in [0.3, 0.4) is 0 Å². The Balaban J connectivity index is 1.62. The molecule has 0 aromatic heterocycles. The normalized spacial score (nSPS) is 16.9. The fourth-order valence-electron chi connectivity index (χ4n) is 3.26. The van der Waals surface area contributed by atoms with E-state index in [-0.39, 0.29) is 11.9 Å². The monoisotopic (exact) mass is 332 g/mol. The van der Waals surface area contributed by atoms with Gasteiger partial charge in [0.2, 0.25) is 5.91 Å². The third-order valence-electron chi connectivity index (χ3n) is 5.02. The van der Waals surface area contributed by atoms with Gasteiger partial charge < -0.3 is 15.4 Å². The molecule has 0 bridgehead atoms. The molecule has 1 atom stereocenters. The summed E-state index contributed by atoms with van der Waals surface area (Å²) in [5, 5.41) is 0. The van der Waals surface area contributed by atoms with E-state index < -0.39 is 0 Å². The third kappa shape index (κ3) is 5.52. The zero-order valence-electron chi connectivity index (χ0n) is 15.4. The molecule has 1 aromatic rings. The van der Waals surface area contributed by atoms with Crippen molar-refractivity contribution in [2.24, 2.45) is 11.7 Å². The molecule has 2 N–H and O–H groups in total. The second-order valence-electron chi connectivity index (χ2n) is 7.15. The lowest BCUT2D eigenvalue weighted by atomic mass is 9.91. The number of hydrogen-bond acceptors (Lipinski definition) is 3. The van der Waals surface area contributed by atoms with E-state index in [1.807, 2.05) is 4.90 Å². The van der Waals surface area contributed by atoms with E-state index in [1.54, 1.807) is 0 Å². The maximum Gasteiger partial charge on any atom is 0.222 e. The van der Waals surface area contributed by atoms with E-state index in [0.717, 1.165) is 50.1 Å². The number of piperidine rings is 1. The van der Waals surface area contributed by atoms with Crippen molar-refractivity contribution >= 4 is 5.91 Å². The first-order valence-corrected chi connectivity index (χ1v) is 9.21. The summed E-state index contributed by atoms with van der Waals surface area (Å²) in [6, 6.07) is 6.49. The Bertz CT molecular complexity index is 534. The van der Waals surface area contributed by atoms with Gasteiger partial charge in [0.15, 0.2) is 0 Å². The highest BCUT2D eigenvalue weighted by Gasteiger charge is 2.24. The van der Waals surface area contributed by atoms with Gasteiger partial charge in [0.25, 0.3) is 0 Å². The maximum atomic E-state index is 12.3. The predicted molar refractivity (Wildman–Crippen MR) is 98.2 cm³/mol. The van der Waals surface area contributed by atoms with Gasteiger partial charge in [0.05, 0.1) is 6.61 Å². The van der Waals surface area contributed by atoms with E-state index >= 15 is 0 Å². The van der Waals surface area contributed by atoms with E-state index in [4.69, 9.17) is 10.5 Å². The molecular formula is C20H32N2O2. The number of hydrogen-bond donors (Lipinski definition) is 1. The molecule has 4 heteroatoms. The number of carbonyl (C=O) groups is 1. The Labute approximate surface area is 146 Å². The van der Waals surface area contributed by atoms with Gasteiger partial charge in [-0.2, -0.15) is 0 Å². The Morgan fingerprint density at radius 3 is 2.67 bits per heavy atom. The zero-order chi connectivity index (χ0) is 17.5. The molecule has 4 nitrogen and oxygen atoms in total. The number of carbonyl (C=O) groups excluding carboxylic acids is 1. The van der Waals surface area contributed by atoms with Crippen molar-refractivity contribution in [3.05, 3.63) is 29.3 Å². The van der Waals surface area contributed by atoms with E-state index in [1.165, 1.54) is 5.56 Å². The molecule has 1 unspecified atom stereocenters. The summed E-state index contributed by atoms with van der Waals surface area (Å²) in [6.45, 7) is 8.60. The Morgan fingerprint density at radius 1 is 1.29 bits per heavy atom. The van der Waals surface area contributed by atoms with E-state index in [0.29, 0.717) is 18.9 Å². The summed E-state index contributed by atoms with van der Waals surface area (Å²) < 4.78 is 5.85. The number of unbranched alkanes of at least 4 members (excludes halogenated alkanes) is 1. The number of amides is 1. The first-order chi connectivity index (χ1) is 11.5. The van der Waals surface area contributed by atoms with Crippen LogP contribution in [0.1, 0.15) is 50.2 Å². The van der Waals surface area contributed by atoms with Crippen molar-refractivity contribution in [2.75, 3.05) is 19.7 Å². The molecule has 0 saturated carbocycles. The molecule has 2 rings (SSSR count). The van der Waals surface area contributed by atoms with Gasteiger partial charge in [-0.3, -0.25) is 4.79 Å². The van der Waals surface area contributed by atoms with Crippen molar-refractivity contribution < 1.29 is 9.53 Å². The molecule has 1 aliphatic rings. The van der Waals surface area contributed by atoms with Crippen molar-refractivity contribution in [2.45, 2.75) is 58.9 Å². The zero-order valence-corrected chi connectivity index (χ0v) is 15.4. The van der Waals surface area contributed by atoms with E-state index in [9.17, 15) is 4.79 Å². The van der Waals surface area contributed by atoms with Crippen molar-refractivity contribution in [1.82, 2.24) is 4.90 Å². The van der Waals surface area contributed by atoms with Crippen LogP contribution in [-0.2, 0) is 4.79 Å². The van der Waals surface area contributed by atoms with Gasteiger partial charge in [0.1, 0.15) is 5.75 Å². The summed E-state index contributed by atoms with van der Waals surface area (Å²) in [7, 11) is 0. The standard InChI is InChI=1S/C20H32N2O2/c1-15-7-8-16(2)19(14-15)24-13-5-4-6-20(23)22-11-9-18(10-12-22)17(3)21/h7-8,14,17-18H,4-6,9-13,21H2,1-3H3. The quantitative estimate of drug-likeness (QED) is 0.778. The molecule has 1 amide bonds. The number of likely N-dealkylation sites (tertiary alicyclic amines) is 1. The van der Waals surface area contributed by atoms with Crippen molar-refractivity contribution in [3.8, 4) is 5.75 Å². The Hall–Kier alpha value is -1.55. The molecule has 1 aromatic carbocycles. The van der Waals surface area contributed by atoms with Crippen LogP contribution in [0.5, 0.6) is 5.75 Å². The first kappa shape index (κ1) is 18.8. The van der Waals surface area contributed by atoms with Crippen LogP contribution in [0.25, 0.3) is 0 Å². The van der Waals surface area contributed by atoms with Crippen LogP contribution in [-0.4, -0.2) is 36.5 Å². The molecule has 1 heterocycles. The van der Waals surface area contributed by atoms with Crippen LogP contribution in [0.4, 0.5) is 0 Å². The number of nitrogens with two attached hydrogens (primary N) is 1. The molecular weight excluding hydrogens is 300 g/mol. The molecule has 0 spiro atoms. The molecule has 1 aliphatic heterocycles. The molecule has 1 saturated heterocycles. The van der Waals surface area contributed by atoms with Crippen LogP contribution < -0.4 is 10.5 Å². The van der Waals surface area contributed by atoms with Crippen LogP contribution >= 0.6 is 0 Å². The molecule has 0 radical (unpaired) electrons. The smallest absolute Gasteiger partial charge is 0.222 e. The average Bonchev–Trinajstić information content (AvgIpc) is 2.57. The van der Waals surface area contributed by atoms with Crippen LogP contribution in [0.15, 0.2) is 18.2 Å². The highest BCUT2D eigenvalue weighted by atomic mass is 16.5. The van der Waals surface area contributed by atoms with Gasteiger partial charge in [-0.05, 0) is 69.6 Å². The number of aryl methyl sites for hydroxylation is 2. The number of nitrogens with zero attached hydrogens (tertiary/aromatic N) is 1.